The van der Waals surface area contributed by atoms with Crippen LogP contribution in [0, 0.1) is 0 Å². The molecule has 2 N–H and O–H groups in total. The summed E-state index contributed by atoms with van der Waals surface area (Å²) >= 11 is 5.02. The molecule has 2 aromatic rings. The molecule has 17 heavy (non-hydrogen) atoms. The number of fused-ring (bicyclic) bond motifs is 1. The molecule has 0 radical (unpaired) electrons. The van der Waals surface area contributed by atoms with E-state index in [1.165, 1.54) is 0 Å². The predicted molar refractivity (Wildman–Crippen MR) is 71.2 cm³/mol. The second-order valence-corrected chi connectivity index (χ2v) is 5.68. The zero-order valence-electron chi connectivity index (χ0n) is 8.97. The molecule has 1 aliphatic rings. The van der Waals surface area contributed by atoms with E-state index >= 15 is 0 Å². The van der Waals surface area contributed by atoms with Gasteiger partial charge in [0.2, 0.25) is 0 Å². The molecule has 5 heteroatoms. The van der Waals surface area contributed by atoms with Crippen LogP contribution in [-0.2, 0) is 0 Å². The fourth-order valence-electron chi connectivity index (χ4n) is 2.04. The third kappa shape index (κ3) is 2.10. The van der Waals surface area contributed by atoms with Gasteiger partial charge in [-0.05, 0) is 12.1 Å². The van der Waals surface area contributed by atoms with Crippen LogP contribution in [0.5, 0.6) is 5.75 Å². The lowest BCUT2D eigenvalue weighted by molar-refractivity contribution is 0.158. The van der Waals surface area contributed by atoms with E-state index in [1.807, 2.05) is 29.1 Å². The van der Waals surface area contributed by atoms with Gasteiger partial charge in [0.05, 0.1) is 11.2 Å². The molecule has 0 amide bonds. The molecule has 3 rings (SSSR count). The van der Waals surface area contributed by atoms with Crippen LogP contribution in [0.3, 0.4) is 0 Å². The van der Waals surface area contributed by atoms with E-state index in [0.717, 1.165) is 27.9 Å². The highest BCUT2D eigenvalue weighted by atomic mass is 79.9. The minimum Gasteiger partial charge on any atom is -0.484 e. The maximum Gasteiger partial charge on any atom is 0.143 e. The van der Waals surface area contributed by atoms with Crippen molar-refractivity contribution >= 4 is 27.3 Å². The summed E-state index contributed by atoms with van der Waals surface area (Å²) in [5.74, 6) is 0.858. The largest absolute Gasteiger partial charge is 0.484 e. The first kappa shape index (κ1) is 11.2. The number of hydrogen-bond acceptors (Lipinski definition) is 4. The van der Waals surface area contributed by atoms with E-state index in [-0.39, 0.29) is 12.1 Å². The Morgan fingerprint density at radius 3 is 3.12 bits per heavy atom. The van der Waals surface area contributed by atoms with E-state index in [1.54, 1.807) is 11.3 Å². The summed E-state index contributed by atoms with van der Waals surface area (Å²) in [6.07, 6.45) is 0.747. The lowest BCUT2D eigenvalue weighted by Gasteiger charge is -2.29. The first-order chi connectivity index (χ1) is 8.24. The molecule has 2 heterocycles. The molecule has 0 aliphatic carbocycles. The molecule has 0 fully saturated rings. The molecule has 1 aromatic carbocycles. The maximum atomic E-state index is 6.17. The van der Waals surface area contributed by atoms with Crippen LogP contribution >= 0.6 is 27.3 Å². The van der Waals surface area contributed by atoms with Crippen molar-refractivity contribution in [1.29, 1.82) is 0 Å². The second kappa shape index (κ2) is 4.40. The minimum atomic E-state index is -0.0296. The standard InChI is InChI=1S/C12H11BrN2OS/c13-7-1-2-8-9(14)4-12(16-11(8)3-7)10-5-17-6-15-10/h1-3,5-6,9,12H,4,14H2/t9-,12?/m1/s1. The van der Waals surface area contributed by atoms with E-state index < -0.39 is 0 Å². The van der Waals surface area contributed by atoms with Crippen molar-refractivity contribution in [2.45, 2.75) is 18.6 Å². The van der Waals surface area contributed by atoms with E-state index in [2.05, 4.69) is 20.9 Å². The SMILES string of the molecule is N[C@@H]1CC(c2cscn2)Oc2cc(Br)ccc21. The van der Waals surface area contributed by atoms with E-state index in [4.69, 9.17) is 10.5 Å². The Kier molecular flexibility index (Phi) is 2.90. The third-order valence-electron chi connectivity index (χ3n) is 2.89. The van der Waals surface area contributed by atoms with Crippen LogP contribution in [0.2, 0.25) is 0 Å². The summed E-state index contributed by atoms with van der Waals surface area (Å²) < 4.78 is 6.96. The molecule has 1 aliphatic heterocycles. The van der Waals surface area contributed by atoms with Gasteiger partial charge in [0.25, 0.3) is 0 Å². The smallest absolute Gasteiger partial charge is 0.143 e. The first-order valence-corrected chi connectivity index (χ1v) is 7.07. The highest BCUT2D eigenvalue weighted by Crippen LogP contribution is 2.40. The summed E-state index contributed by atoms with van der Waals surface area (Å²) in [4.78, 5) is 4.30. The number of hydrogen-bond donors (Lipinski definition) is 1. The van der Waals surface area contributed by atoms with Crippen molar-refractivity contribution in [3.8, 4) is 5.75 Å². The second-order valence-electron chi connectivity index (χ2n) is 4.04. The monoisotopic (exact) mass is 310 g/mol. The predicted octanol–water partition coefficient (Wildman–Crippen LogP) is 3.43. The fourth-order valence-corrected chi connectivity index (χ4v) is 2.97. The number of nitrogens with two attached hydrogens (primary N) is 1. The number of thiazole rings is 1. The zero-order valence-corrected chi connectivity index (χ0v) is 11.4. The topological polar surface area (TPSA) is 48.1 Å². The molecule has 1 aromatic heterocycles. The summed E-state index contributed by atoms with van der Waals surface area (Å²) in [5, 5.41) is 2.01. The van der Waals surface area contributed by atoms with Gasteiger partial charge < -0.3 is 10.5 Å². The molecular formula is C12H11BrN2OS. The normalized spacial score (nSPS) is 22.9. The van der Waals surface area contributed by atoms with Gasteiger partial charge in [-0.3, -0.25) is 0 Å². The molecule has 3 nitrogen and oxygen atoms in total. The van der Waals surface area contributed by atoms with Crippen LogP contribution in [0.1, 0.15) is 29.8 Å². The van der Waals surface area contributed by atoms with Crippen molar-refractivity contribution in [1.82, 2.24) is 4.98 Å². The molecule has 1 unspecified atom stereocenters. The van der Waals surface area contributed by atoms with Crippen molar-refractivity contribution in [2.75, 3.05) is 0 Å². The quantitative estimate of drug-likeness (QED) is 0.878. The average Bonchev–Trinajstić information content (AvgIpc) is 2.81. The zero-order chi connectivity index (χ0) is 11.8. The van der Waals surface area contributed by atoms with Crippen LogP contribution in [0.4, 0.5) is 0 Å². The molecular weight excluding hydrogens is 300 g/mol. The average molecular weight is 311 g/mol. The number of aromatic nitrogens is 1. The Morgan fingerprint density at radius 1 is 1.47 bits per heavy atom. The molecule has 0 bridgehead atoms. The van der Waals surface area contributed by atoms with Crippen LogP contribution < -0.4 is 10.5 Å². The highest BCUT2D eigenvalue weighted by Gasteiger charge is 2.28. The summed E-state index contributed by atoms with van der Waals surface area (Å²) in [7, 11) is 0. The maximum absolute atomic E-state index is 6.17. The Morgan fingerprint density at radius 2 is 2.35 bits per heavy atom. The Hall–Kier alpha value is -0.910. The number of ether oxygens (including phenoxy) is 1. The number of benzene rings is 1. The highest BCUT2D eigenvalue weighted by molar-refractivity contribution is 9.10. The van der Waals surface area contributed by atoms with Crippen molar-refractivity contribution < 1.29 is 4.74 Å². The van der Waals surface area contributed by atoms with E-state index in [9.17, 15) is 0 Å². The number of rotatable bonds is 1. The van der Waals surface area contributed by atoms with Gasteiger partial charge in [-0.2, -0.15) is 0 Å². The summed E-state index contributed by atoms with van der Waals surface area (Å²) in [5.41, 5.74) is 10.0. The lowest BCUT2D eigenvalue weighted by Crippen LogP contribution is -2.24. The van der Waals surface area contributed by atoms with Gasteiger partial charge in [0.1, 0.15) is 11.9 Å². The number of halogens is 1. The molecule has 0 saturated carbocycles. The molecule has 2 atom stereocenters. The van der Waals surface area contributed by atoms with Gasteiger partial charge in [0.15, 0.2) is 0 Å². The van der Waals surface area contributed by atoms with E-state index in [0.29, 0.717) is 0 Å². The Bertz CT molecular complexity index is 529. The van der Waals surface area contributed by atoms with Crippen molar-refractivity contribution in [3.63, 3.8) is 0 Å². The fraction of sp³-hybridized carbons (Fsp3) is 0.250. The van der Waals surface area contributed by atoms with Gasteiger partial charge in [0, 0.05) is 27.9 Å². The first-order valence-electron chi connectivity index (χ1n) is 5.34. The van der Waals surface area contributed by atoms with Crippen molar-refractivity contribution in [3.05, 3.63) is 44.8 Å². The van der Waals surface area contributed by atoms with Gasteiger partial charge >= 0.3 is 0 Å². The molecule has 0 saturated heterocycles. The summed E-state index contributed by atoms with van der Waals surface area (Å²) in [6, 6.07) is 5.99. The lowest BCUT2D eigenvalue weighted by atomic mass is 9.96. The van der Waals surface area contributed by atoms with Gasteiger partial charge in [-0.1, -0.05) is 22.0 Å². The molecule has 88 valence electrons. The van der Waals surface area contributed by atoms with Crippen LogP contribution in [0.15, 0.2) is 33.6 Å². The van der Waals surface area contributed by atoms with Crippen LogP contribution in [-0.4, -0.2) is 4.98 Å². The Balaban J connectivity index is 1.97. The minimum absolute atomic E-state index is 0.0125. The van der Waals surface area contributed by atoms with Gasteiger partial charge in [-0.15, -0.1) is 11.3 Å². The van der Waals surface area contributed by atoms with Crippen LogP contribution in [0.25, 0.3) is 0 Å². The van der Waals surface area contributed by atoms with Gasteiger partial charge in [-0.25, -0.2) is 4.98 Å². The third-order valence-corrected chi connectivity index (χ3v) is 3.99. The number of nitrogens with zero attached hydrogens (tertiary/aromatic N) is 1. The molecule has 0 spiro atoms. The van der Waals surface area contributed by atoms with Crippen molar-refractivity contribution in [2.24, 2.45) is 5.73 Å². The summed E-state index contributed by atoms with van der Waals surface area (Å²) in [6.45, 7) is 0. The Labute approximate surface area is 112 Å².